The maximum absolute atomic E-state index is 12.0. The number of nitrogens with one attached hydrogen (secondary N) is 1. The van der Waals surface area contributed by atoms with E-state index in [1.807, 2.05) is 50.3 Å². The van der Waals surface area contributed by atoms with Crippen molar-refractivity contribution in [2.45, 2.75) is 38.8 Å². The highest BCUT2D eigenvalue weighted by atomic mass is 16.5. The van der Waals surface area contributed by atoms with E-state index in [1.54, 1.807) is 55.2 Å². The average molecular weight is 659 g/mol. The summed E-state index contributed by atoms with van der Waals surface area (Å²) in [7, 11) is 13.4. The van der Waals surface area contributed by atoms with Crippen molar-refractivity contribution in [1.29, 1.82) is 0 Å². The molecule has 0 aliphatic carbocycles. The minimum Gasteiger partial charge on any atom is -0.480 e. The van der Waals surface area contributed by atoms with Crippen molar-refractivity contribution >= 4 is 35.4 Å². The summed E-state index contributed by atoms with van der Waals surface area (Å²) in [6.07, 6.45) is 0.539. The van der Waals surface area contributed by atoms with E-state index >= 15 is 0 Å². The van der Waals surface area contributed by atoms with Crippen LogP contribution in [-0.4, -0.2) is 125 Å². The number of nitrogens with zero attached hydrogens (tertiary/aromatic N) is 3. The van der Waals surface area contributed by atoms with Crippen molar-refractivity contribution in [1.82, 2.24) is 20.0 Å². The molecule has 13 heteroatoms. The molecule has 2 N–H and O–H groups in total. The second kappa shape index (κ2) is 23.8. The molecule has 1 amide bonds. The van der Waals surface area contributed by atoms with Crippen molar-refractivity contribution in [3.05, 3.63) is 70.8 Å². The Morgan fingerprint density at radius 3 is 1.36 bits per heavy atom. The summed E-state index contributed by atoms with van der Waals surface area (Å²) >= 11 is 0. The van der Waals surface area contributed by atoms with Crippen LogP contribution in [0, 0.1) is 0 Å². The van der Waals surface area contributed by atoms with Gasteiger partial charge in [0, 0.05) is 44.1 Å². The number of esters is 2. The van der Waals surface area contributed by atoms with Gasteiger partial charge in [-0.25, -0.2) is 0 Å². The van der Waals surface area contributed by atoms with Gasteiger partial charge in [-0.15, -0.1) is 0 Å². The molecule has 0 aromatic heterocycles. The Bertz CT molecular complexity index is 1280. The molecule has 0 aliphatic rings. The van der Waals surface area contributed by atoms with E-state index in [4.69, 9.17) is 5.11 Å². The van der Waals surface area contributed by atoms with Crippen molar-refractivity contribution in [3.8, 4) is 0 Å². The molecule has 0 saturated heterocycles. The third-order valence-electron chi connectivity index (χ3n) is 6.25. The lowest BCUT2D eigenvalue weighted by atomic mass is 10.0. The van der Waals surface area contributed by atoms with Crippen LogP contribution in [0.2, 0.25) is 0 Å². The summed E-state index contributed by atoms with van der Waals surface area (Å²) < 4.78 is 9.01. The lowest BCUT2D eigenvalue weighted by Gasteiger charge is -2.19. The van der Waals surface area contributed by atoms with E-state index in [1.165, 1.54) is 14.2 Å². The molecule has 0 aliphatic heterocycles. The second-order valence-electron chi connectivity index (χ2n) is 11.0. The number of rotatable bonds is 16. The van der Waals surface area contributed by atoms with Crippen LogP contribution in [0.5, 0.6) is 0 Å². The Morgan fingerprint density at radius 1 is 0.638 bits per heavy atom. The number of hydrogen-bond acceptors (Lipinski definition) is 11. The Morgan fingerprint density at radius 2 is 1.04 bits per heavy atom. The van der Waals surface area contributed by atoms with E-state index in [9.17, 15) is 28.8 Å². The highest BCUT2D eigenvalue weighted by Crippen LogP contribution is 2.11. The molecule has 2 rings (SSSR count). The fourth-order valence-electron chi connectivity index (χ4n) is 3.76. The Balaban J connectivity index is 0.000000770. The summed E-state index contributed by atoms with van der Waals surface area (Å²) in [5.74, 6) is -1.63. The second-order valence-corrected chi connectivity index (χ2v) is 11.0. The number of Topliss-reactive ketones (excluding diaryl/α,β-unsaturated/α-hetero) is 2. The third kappa shape index (κ3) is 20.3. The Hall–Kier alpha value is -4.46. The zero-order valence-corrected chi connectivity index (χ0v) is 28.8. The van der Waals surface area contributed by atoms with Gasteiger partial charge in [-0.2, -0.15) is 0 Å². The van der Waals surface area contributed by atoms with Crippen LogP contribution in [0.25, 0.3) is 0 Å². The maximum Gasteiger partial charge on any atom is 0.317 e. The molecule has 0 unspecified atom stereocenters. The summed E-state index contributed by atoms with van der Waals surface area (Å²) in [6.45, 7) is 1.74. The predicted molar refractivity (Wildman–Crippen MR) is 178 cm³/mol. The van der Waals surface area contributed by atoms with Crippen LogP contribution in [0.4, 0.5) is 0 Å². The van der Waals surface area contributed by atoms with Gasteiger partial charge in [-0.3, -0.25) is 33.7 Å². The number of carboxylic acid groups (broad SMARTS) is 1. The molecular weight excluding hydrogens is 608 g/mol. The number of likely N-dealkylation sites (N-methyl/N-ethyl adjacent to an activating group) is 3. The van der Waals surface area contributed by atoms with Gasteiger partial charge in [0.1, 0.15) is 0 Å². The first-order valence-corrected chi connectivity index (χ1v) is 14.9. The van der Waals surface area contributed by atoms with Crippen LogP contribution < -0.4 is 5.32 Å². The number of carbonyl (C=O) groups is 6. The number of aliphatic carboxylic acids is 1. The summed E-state index contributed by atoms with van der Waals surface area (Å²) in [5.41, 5.74) is 3.26. The van der Waals surface area contributed by atoms with Crippen LogP contribution >= 0.6 is 0 Å². The van der Waals surface area contributed by atoms with Gasteiger partial charge < -0.3 is 29.7 Å². The monoisotopic (exact) mass is 658 g/mol. The highest BCUT2D eigenvalue weighted by molar-refractivity contribution is 5.98. The third-order valence-corrected chi connectivity index (χ3v) is 6.25. The Labute approximate surface area is 277 Å². The van der Waals surface area contributed by atoms with E-state index in [2.05, 4.69) is 14.8 Å². The zero-order chi connectivity index (χ0) is 35.9. The molecule has 0 saturated carbocycles. The first-order chi connectivity index (χ1) is 22.1. The average Bonchev–Trinajstić information content (AvgIpc) is 3.02. The topological polar surface area (TPSA) is 163 Å². The van der Waals surface area contributed by atoms with Crippen LogP contribution in [0.15, 0.2) is 48.5 Å². The predicted octanol–water partition coefficient (Wildman–Crippen LogP) is 2.52. The molecule has 13 nitrogen and oxygen atoms in total. The lowest BCUT2D eigenvalue weighted by Crippen LogP contribution is -2.34. The number of hydrogen-bond donors (Lipinski definition) is 2. The normalized spacial score (nSPS) is 10.2. The van der Waals surface area contributed by atoms with Crippen LogP contribution in [0.1, 0.15) is 57.5 Å². The molecule has 0 atom stereocenters. The van der Waals surface area contributed by atoms with E-state index < -0.39 is 11.9 Å². The fraction of sp³-hybridized carbons (Fsp3) is 0.471. The Kier molecular flexibility index (Phi) is 21.6. The van der Waals surface area contributed by atoms with Gasteiger partial charge in [0.25, 0.3) is 0 Å². The van der Waals surface area contributed by atoms with Gasteiger partial charge >= 0.3 is 17.9 Å². The van der Waals surface area contributed by atoms with E-state index in [0.29, 0.717) is 24.2 Å². The number of carboxylic acids is 1. The first-order valence-electron chi connectivity index (χ1n) is 14.9. The van der Waals surface area contributed by atoms with Crippen molar-refractivity contribution in [2.75, 3.05) is 69.6 Å². The number of methoxy groups -OCH3 is 2. The zero-order valence-electron chi connectivity index (χ0n) is 28.8. The van der Waals surface area contributed by atoms with E-state index in [0.717, 1.165) is 17.7 Å². The van der Waals surface area contributed by atoms with Crippen molar-refractivity contribution in [3.63, 3.8) is 0 Å². The largest absolute Gasteiger partial charge is 0.480 e. The van der Waals surface area contributed by atoms with Crippen LogP contribution in [-0.2, 0) is 41.7 Å². The number of benzene rings is 2. The molecule has 260 valence electrons. The minimum absolute atomic E-state index is 0.0354. The number of amides is 1. The summed E-state index contributed by atoms with van der Waals surface area (Å²) in [5, 5.41) is 11.1. The number of carbonyl (C=O) groups excluding carboxylic acids is 5. The SMILES string of the molecule is CN(C)CC(=O)O.CNCc1ccc(C(=O)CCC(=O)OC)cc1.COC(=O)CCC(=O)c1ccc(CN(C)C(=O)CN(C)C)cc1. The highest BCUT2D eigenvalue weighted by Gasteiger charge is 2.12. The smallest absolute Gasteiger partial charge is 0.317 e. The molecule has 47 heavy (non-hydrogen) atoms. The number of ketones is 2. The quantitative estimate of drug-likeness (QED) is 0.201. The van der Waals surface area contributed by atoms with Gasteiger partial charge in [-0.05, 0) is 46.4 Å². The molecule has 2 aromatic rings. The van der Waals surface area contributed by atoms with Gasteiger partial charge in [0.2, 0.25) is 5.91 Å². The minimum atomic E-state index is -0.787. The molecule has 2 aromatic carbocycles. The standard InChI is InChI=1S/C17H24N2O4.C13H17NO3.C4H9NO2/c1-18(2)12-16(21)19(3)11-13-5-7-14(8-6-13)15(20)9-10-17(22)23-4;1-14-9-10-3-5-11(6-4-10)12(15)7-8-13(16)17-2;1-5(2)3-4(6)7/h5-8H,9-12H2,1-4H3;3-6,14H,7-9H2,1-2H3;3H2,1-2H3,(H,6,7). The summed E-state index contributed by atoms with van der Waals surface area (Å²) in [4.78, 5) is 72.3. The number of ether oxygens (including phenoxy) is 2. The van der Waals surface area contributed by atoms with Gasteiger partial charge in [-0.1, -0.05) is 48.5 Å². The van der Waals surface area contributed by atoms with Gasteiger partial charge in [0.05, 0.1) is 40.2 Å². The lowest BCUT2D eigenvalue weighted by molar-refractivity contribution is -0.141. The molecule has 0 fully saturated rings. The first kappa shape index (κ1) is 42.5. The summed E-state index contributed by atoms with van der Waals surface area (Å²) in [6, 6.07) is 14.5. The maximum atomic E-state index is 12.0. The molecular formula is C34H50N4O9. The van der Waals surface area contributed by atoms with Crippen molar-refractivity contribution in [2.24, 2.45) is 0 Å². The van der Waals surface area contributed by atoms with Crippen molar-refractivity contribution < 1.29 is 43.3 Å². The molecule has 0 bridgehead atoms. The van der Waals surface area contributed by atoms with Gasteiger partial charge in [0.15, 0.2) is 11.6 Å². The van der Waals surface area contributed by atoms with E-state index in [-0.39, 0.29) is 55.7 Å². The fourth-order valence-corrected chi connectivity index (χ4v) is 3.76. The molecule has 0 heterocycles. The molecule has 0 radical (unpaired) electrons. The van der Waals surface area contributed by atoms with Crippen LogP contribution in [0.3, 0.4) is 0 Å². The molecule has 0 spiro atoms.